The van der Waals surface area contributed by atoms with Crippen LogP contribution in [0.15, 0.2) is 23.4 Å². The van der Waals surface area contributed by atoms with Crippen LogP contribution in [0.1, 0.15) is 20.7 Å². The lowest BCUT2D eigenvalue weighted by Crippen LogP contribution is -1.95. The fourth-order valence-electron chi connectivity index (χ4n) is 0.895. The summed E-state index contributed by atoms with van der Waals surface area (Å²) in [5.74, 6) is 0. The average Bonchev–Trinajstić information content (AvgIpc) is 2.16. The van der Waals surface area contributed by atoms with Crippen molar-refractivity contribution in [2.75, 3.05) is 0 Å². The molecule has 0 heterocycles. The topological polar surface area (TPSA) is 63.6 Å². The summed E-state index contributed by atoms with van der Waals surface area (Å²) in [6, 6.07) is 3.62. The Morgan fingerprint density at radius 2 is 1.79 bits per heavy atom. The van der Waals surface area contributed by atoms with Crippen LogP contribution >= 0.6 is 23.2 Å². The highest BCUT2D eigenvalue weighted by molar-refractivity contribution is 6.69. The molecule has 0 atom stereocenters. The first-order chi connectivity index (χ1) is 6.56. The van der Waals surface area contributed by atoms with Gasteiger partial charge in [0.25, 0.3) is 10.5 Å². The van der Waals surface area contributed by atoms with E-state index < -0.39 is 10.5 Å². The first-order valence-electron chi connectivity index (χ1n) is 3.43. The van der Waals surface area contributed by atoms with Gasteiger partial charge in [0.2, 0.25) is 0 Å². The Labute approximate surface area is 88.8 Å². The second-order valence-electron chi connectivity index (χ2n) is 2.37. The van der Waals surface area contributed by atoms with Crippen molar-refractivity contribution in [2.45, 2.75) is 0 Å². The van der Waals surface area contributed by atoms with Crippen LogP contribution < -0.4 is 0 Å². The summed E-state index contributed by atoms with van der Waals surface area (Å²) in [5.41, 5.74) is -0.164. The van der Waals surface area contributed by atoms with Crippen molar-refractivity contribution in [1.29, 1.82) is 0 Å². The van der Waals surface area contributed by atoms with Crippen molar-refractivity contribution in [3.8, 4) is 0 Å². The maximum absolute atomic E-state index is 10.8. The third-order valence-corrected chi connectivity index (χ3v) is 1.96. The molecule has 0 bridgehead atoms. The predicted molar refractivity (Wildman–Crippen MR) is 52.3 cm³/mol. The van der Waals surface area contributed by atoms with Crippen LogP contribution in [-0.2, 0) is 0 Å². The van der Waals surface area contributed by atoms with E-state index in [4.69, 9.17) is 23.2 Å². The van der Waals surface area contributed by atoms with Gasteiger partial charge >= 0.3 is 0 Å². The van der Waals surface area contributed by atoms with Crippen molar-refractivity contribution < 1.29 is 9.59 Å². The lowest BCUT2D eigenvalue weighted by molar-refractivity contribution is 0.108. The molecule has 0 radical (unpaired) electrons. The molecule has 1 aromatic rings. The van der Waals surface area contributed by atoms with E-state index in [1.807, 2.05) is 0 Å². The number of carbonyl (C=O) groups is 2. The Balaban J connectivity index is 3.34. The van der Waals surface area contributed by atoms with Crippen molar-refractivity contribution in [1.82, 2.24) is 0 Å². The molecule has 0 saturated heterocycles. The molecule has 1 aromatic carbocycles. The van der Waals surface area contributed by atoms with Crippen molar-refractivity contribution in [3.63, 3.8) is 0 Å². The minimum Gasteiger partial charge on any atom is -0.276 e. The Kier molecular flexibility index (Phi) is 3.33. The molecular formula is C8H3Cl2NO3. The van der Waals surface area contributed by atoms with Crippen LogP contribution in [0.4, 0.5) is 5.69 Å². The van der Waals surface area contributed by atoms with E-state index in [1.165, 1.54) is 12.1 Å². The number of nitroso groups, excluding NO2 is 1. The molecule has 0 amide bonds. The molecule has 0 N–H and O–H groups in total. The fraction of sp³-hybridized carbons (Fsp3) is 0. The highest BCUT2D eigenvalue weighted by Gasteiger charge is 2.12. The van der Waals surface area contributed by atoms with Gasteiger partial charge in [-0.15, -0.1) is 4.91 Å². The lowest BCUT2D eigenvalue weighted by atomic mass is 10.1. The van der Waals surface area contributed by atoms with Gasteiger partial charge in [-0.1, -0.05) is 0 Å². The normalized spacial score (nSPS) is 9.57. The summed E-state index contributed by atoms with van der Waals surface area (Å²) in [5, 5.41) is 0.986. The molecule has 0 aliphatic rings. The van der Waals surface area contributed by atoms with Gasteiger partial charge < -0.3 is 0 Å². The second kappa shape index (κ2) is 4.30. The lowest BCUT2D eigenvalue weighted by Gasteiger charge is -1.99. The van der Waals surface area contributed by atoms with Crippen LogP contribution in [0.2, 0.25) is 0 Å². The second-order valence-corrected chi connectivity index (χ2v) is 3.06. The number of hydrogen-bond donors (Lipinski definition) is 0. The SMILES string of the molecule is O=Nc1ccc(C(=O)Cl)cc1C(=O)Cl. The largest absolute Gasteiger partial charge is 0.276 e. The highest BCUT2D eigenvalue weighted by atomic mass is 35.5. The fourth-order valence-corrected chi connectivity index (χ4v) is 1.16. The molecule has 6 heteroatoms. The first-order valence-corrected chi connectivity index (χ1v) is 4.19. The van der Waals surface area contributed by atoms with Crippen LogP contribution in [0.3, 0.4) is 0 Å². The summed E-state index contributed by atoms with van der Waals surface area (Å²) in [6.45, 7) is 0. The van der Waals surface area contributed by atoms with Gasteiger partial charge in [0.15, 0.2) is 0 Å². The van der Waals surface area contributed by atoms with Crippen molar-refractivity contribution in [3.05, 3.63) is 34.2 Å². The Morgan fingerprint density at radius 3 is 2.21 bits per heavy atom. The maximum Gasteiger partial charge on any atom is 0.254 e. The number of rotatable bonds is 3. The smallest absolute Gasteiger partial charge is 0.254 e. The van der Waals surface area contributed by atoms with Gasteiger partial charge in [-0.3, -0.25) is 9.59 Å². The Bertz CT molecular complexity index is 417. The standard InChI is InChI=1S/C8H3Cl2NO3/c9-7(12)4-1-2-6(11-14)5(3-4)8(10)13/h1-3H. The van der Waals surface area contributed by atoms with Crippen LogP contribution in [0, 0.1) is 4.91 Å². The molecule has 1 rings (SSSR count). The number of hydrogen-bond acceptors (Lipinski definition) is 4. The number of benzene rings is 1. The first kappa shape index (κ1) is 10.8. The predicted octanol–water partition coefficient (Wildman–Crippen LogP) is 2.84. The van der Waals surface area contributed by atoms with Gasteiger partial charge in [-0.2, -0.15) is 0 Å². The quantitative estimate of drug-likeness (QED) is 0.594. The maximum atomic E-state index is 10.8. The molecule has 0 aliphatic carbocycles. The van der Waals surface area contributed by atoms with E-state index in [1.54, 1.807) is 0 Å². The number of halogens is 2. The number of carbonyl (C=O) groups excluding carboxylic acids is 2. The zero-order valence-electron chi connectivity index (χ0n) is 6.66. The van der Waals surface area contributed by atoms with Crippen molar-refractivity contribution in [2.24, 2.45) is 5.18 Å². The van der Waals surface area contributed by atoms with Gasteiger partial charge in [-0.25, -0.2) is 0 Å². The molecule has 0 fully saturated rings. The monoisotopic (exact) mass is 231 g/mol. The Hall–Kier alpha value is -1.26. The summed E-state index contributed by atoms with van der Waals surface area (Å²) >= 11 is 10.3. The van der Waals surface area contributed by atoms with Gasteiger partial charge in [0.1, 0.15) is 5.69 Å². The minimum absolute atomic E-state index is 0.0862. The third-order valence-electron chi connectivity index (χ3n) is 1.53. The van der Waals surface area contributed by atoms with E-state index in [0.717, 1.165) is 6.07 Å². The van der Waals surface area contributed by atoms with Crippen molar-refractivity contribution >= 4 is 39.4 Å². The summed E-state index contributed by atoms with van der Waals surface area (Å²) in [4.78, 5) is 31.8. The molecule has 14 heavy (non-hydrogen) atoms. The van der Waals surface area contributed by atoms with E-state index in [0.29, 0.717) is 0 Å². The van der Waals surface area contributed by atoms with E-state index in [9.17, 15) is 14.5 Å². The number of nitrogens with zero attached hydrogens (tertiary/aromatic N) is 1. The van der Waals surface area contributed by atoms with Gasteiger partial charge in [0.05, 0.1) is 5.56 Å². The van der Waals surface area contributed by atoms with E-state index in [-0.39, 0.29) is 16.8 Å². The third kappa shape index (κ3) is 2.16. The van der Waals surface area contributed by atoms with Gasteiger partial charge in [0, 0.05) is 5.56 Å². The summed E-state index contributed by atoms with van der Waals surface area (Å²) in [7, 11) is 0. The zero-order valence-corrected chi connectivity index (χ0v) is 8.17. The molecule has 4 nitrogen and oxygen atoms in total. The summed E-state index contributed by atoms with van der Waals surface area (Å²) < 4.78 is 0. The van der Waals surface area contributed by atoms with Crippen LogP contribution in [-0.4, -0.2) is 10.5 Å². The average molecular weight is 232 g/mol. The molecule has 0 saturated carbocycles. The zero-order chi connectivity index (χ0) is 10.7. The minimum atomic E-state index is -0.862. The molecule has 0 aliphatic heterocycles. The molecule has 0 aromatic heterocycles. The van der Waals surface area contributed by atoms with Crippen LogP contribution in [0.25, 0.3) is 0 Å². The van der Waals surface area contributed by atoms with Gasteiger partial charge in [-0.05, 0) is 46.6 Å². The molecule has 0 unspecified atom stereocenters. The molecule has 72 valence electrons. The van der Waals surface area contributed by atoms with E-state index in [2.05, 4.69) is 5.18 Å². The molecule has 0 spiro atoms. The highest BCUT2D eigenvalue weighted by Crippen LogP contribution is 2.22. The van der Waals surface area contributed by atoms with E-state index >= 15 is 0 Å². The summed E-state index contributed by atoms with van der Waals surface area (Å²) in [6.07, 6.45) is 0. The Morgan fingerprint density at radius 1 is 1.14 bits per heavy atom. The molecular weight excluding hydrogens is 229 g/mol. The van der Waals surface area contributed by atoms with Crippen LogP contribution in [0.5, 0.6) is 0 Å².